The fraction of sp³-hybridized carbons (Fsp3) is 0.500. The van der Waals surface area contributed by atoms with Crippen molar-refractivity contribution in [2.24, 2.45) is 5.92 Å². The Hall–Kier alpha value is -1.42. The van der Waals surface area contributed by atoms with Crippen molar-refractivity contribution < 1.29 is 14.3 Å². The second-order valence-electron chi connectivity index (χ2n) is 5.17. The molecule has 3 nitrogen and oxygen atoms in total. The van der Waals surface area contributed by atoms with Gasteiger partial charge in [0.05, 0.1) is 18.6 Å². The second kappa shape index (κ2) is 5.06. The zero-order valence-electron chi connectivity index (χ0n) is 10.4. The van der Waals surface area contributed by atoms with Gasteiger partial charge < -0.3 is 10.4 Å². The van der Waals surface area contributed by atoms with E-state index in [1.807, 2.05) is 6.92 Å². The molecule has 0 saturated heterocycles. The van der Waals surface area contributed by atoms with Crippen LogP contribution in [0, 0.1) is 11.7 Å². The number of hydrogen-bond donors (Lipinski definition) is 2. The Morgan fingerprint density at radius 1 is 1.50 bits per heavy atom. The maximum Gasteiger partial charge on any atom is 0.225 e. The quantitative estimate of drug-likeness (QED) is 0.836. The third-order valence-electron chi connectivity index (χ3n) is 3.54. The molecule has 0 aromatic heterocycles. The Labute approximate surface area is 106 Å². The summed E-state index contributed by atoms with van der Waals surface area (Å²) in [6, 6.07) is 6.24. The number of aliphatic hydroxyl groups excluding tert-OH is 1. The van der Waals surface area contributed by atoms with Gasteiger partial charge in [0.2, 0.25) is 5.91 Å². The van der Waals surface area contributed by atoms with Crippen LogP contribution in [-0.2, 0) is 11.2 Å². The van der Waals surface area contributed by atoms with Crippen LogP contribution >= 0.6 is 0 Å². The highest BCUT2D eigenvalue weighted by Crippen LogP contribution is 2.39. The van der Waals surface area contributed by atoms with Crippen molar-refractivity contribution in [1.29, 1.82) is 0 Å². The normalized spacial score (nSPS) is 18.2. The van der Waals surface area contributed by atoms with Crippen molar-refractivity contribution >= 4 is 5.91 Å². The molecule has 0 heterocycles. The molecule has 4 heteroatoms. The number of aliphatic hydroxyl groups is 1. The number of carbonyl (C=O) groups excluding carboxylic acids is 1. The highest BCUT2D eigenvalue weighted by molar-refractivity contribution is 5.79. The van der Waals surface area contributed by atoms with Crippen LogP contribution in [0.25, 0.3) is 0 Å². The molecule has 1 aliphatic carbocycles. The Kier molecular flexibility index (Phi) is 3.66. The fourth-order valence-corrected chi connectivity index (χ4v) is 2.17. The summed E-state index contributed by atoms with van der Waals surface area (Å²) < 4.78 is 13.4. The van der Waals surface area contributed by atoms with Crippen molar-refractivity contribution in [1.82, 2.24) is 5.32 Å². The molecule has 2 rings (SSSR count). The molecule has 0 spiro atoms. The molecule has 1 atom stereocenters. The lowest BCUT2D eigenvalue weighted by atomic mass is 9.96. The van der Waals surface area contributed by atoms with E-state index < -0.39 is 5.54 Å². The highest BCUT2D eigenvalue weighted by atomic mass is 19.1. The average molecular weight is 251 g/mol. The van der Waals surface area contributed by atoms with Crippen molar-refractivity contribution in [3.05, 3.63) is 35.6 Å². The second-order valence-corrected chi connectivity index (χ2v) is 5.17. The predicted octanol–water partition coefficient (Wildman–Crippen LogP) is 1.65. The highest BCUT2D eigenvalue weighted by Gasteiger charge is 2.42. The Bertz CT molecular complexity index is 445. The lowest BCUT2D eigenvalue weighted by Gasteiger charge is -2.28. The minimum Gasteiger partial charge on any atom is -0.394 e. The summed E-state index contributed by atoms with van der Waals surface area (Å²) in [6.45, 7) is 1.75. The molecular formula is C14H18FNO2. The molecule has 98 valence electrons. The minimum atomic E-state index is -0.567. The molecule has 0 bridgehead atoms. The van der Waals surface area contributed by atoms with E-state index in [4.69, 9.17) is 0 Å². The number of amides is 1. The smallest absolute Gasteiger partial charge is 0.225 e. The molecule has 1 unspecified atom stereocenters. The first-order valence-electron chi connectivity index (χ1n) is 6.20. The van der Waals surface area contributed by atoms with Gasteiger partial charge in [0.25, 0.3) is 0 Å². The number of rotatable bonds is 5. The number of halogens is 1. The molecule has 1 fully saturated rings. The predicted molar refractivity (Wildman–Crippen MR) is 66.5 cm³/mol. The summed E-state index contributed by atoms with van der Waals surface area (Å²) in [5.41, 5.74) is -0.186. The average Bonchev–Trinajstić information content (AvgIpc) is 3.16. The molecule has 1 amide bonds. The van der Waals surface area contributed by atoms with Crippen LogP contribution in [0.4, 0.5) is 4.39 Å². The van der Waals surface area contributed by atoms with Crippen LogP contribution in [0.1, 0.15) is 25.3 Å². The number of benzene rings is 1. The van der Waals surface area contributed by atoms with Gasteiger partial charge in [0.15, 0.2) is 0 Å². The topological polar surface area (TPSA) is 49.3 Å². The largest absolute Gasteiger partial charge is 0.394 e. The number of hydrogen-bond acceptors (Lipinski definition) is 2. The van der Waals surface area contributed by atoms with Gasteiger partial charge in [-0.15, -0.1) is 0 Å². The molecule has 18 heavy (non-hydrogen) atoms. The zero-order chi connectivity index (χ0) is 13.2. The van der Waals surface area contributed by atoms with Crippen LogP contribution < -0.4 is 5.32 Å². The van der Waals surface area contributed by atoms with Crippen LogP contribution in [0.5, 0.6) is 0 Å². The van der Waals surface area contributed by atoms with E-state index >= 15 is 0 Å². The Balaban J connectivity index is 1.98. The van der Waals surface area contributed by atoms with Crippen LogP contribution in [0.2, 0.25) is 0 Å². The Morgan fingerprint density at radius 3 is 2.72 bits per heavy atom. The molecule has 2 N–H and O–H groups in total. The summed E-state index contributed by atoms with van der Waals surface area (Å²) in [7, 11) is 0. The van der Waals surface area contributed by atoms with Gasteiger partial charge in [0.1, 0.15) is 5.82 Å². The lowest BCUT2D eigenvalue weighted by molar-refractivity contribution is -0.123. The van der Waals surface area contributed by atoms with E-state index in [1.54, 1.807) is 18.2 Å². The van der Waals surface area contributed by atoms with Crippen molar-refractivity contribution in [2.75, 3.05) is 6.61 Å². The summed E-state index contributed by atoms with van der Waals surface area (Å²) in [5, 5.41) is 12.2. The molecule has 1 aromatic carbocycles. The minimum absolute atomic E-state index is 0.00891. The van der Waals surface area contributed by atoms with Crippen LogP contribution in [0.3, 0.4) is 0 Å². The van der Waals surface area contributed by atoms with E-state index in [0.29, 0.717) is 11.5 Å². The first-order chi connectivity index (χ1) is 8.55. The monoisotopic (exact) mass is 251 g/mol. The molecule has 1 aliphatic rings. The summed E-state index contributed by atoms with van der Waals surface area (Å²) in [5.74, 6) is -0.277. The van der Waals surface area contributed by atoms with E-state index in [-0.39, 0.29) is 24.8 Å². The first-order valence-corrected chi connectivity index (χ1v) is 6.20. The molecular weight excluding hydrogens is 233 g/mol. The molecule has 1 aromatic rings. The van der Waals surface area contributed by atoms with Gasteiger partial charge in [-0.1, -0.05) is 18.2 Å². The summed E-state index contributed by atoms with van der Waals surface area (Å²) >= 11 is 0. The van der Waals surface area contributed by atoms with Crippen LogP contribution in [0.15, 0.2) is 24.3 Å². The van der Waals surface area contributed by atoms with E-state index in [2.05, 4.69) is 5.32 Å². The van der Waals surface area contributed by atoms with Gasteiger partial charge >= 0.3 is 0 Å². The maximum atomic E-state index is 13.4. The van der Waals surface area contributed by atoms with Gasteiger partial charge in [-0.05, 0) is 37.3 Å². The maximum absolute atomic E-state index is 13.4. The van der Waals surface area contributed by atoms with E-state index in [0.717, 1.165) is 12.8 Å². The summed E-state index contributed by atoms with van der Waals surface area (Å²) in [6.07, 6.45) is 2.06. The molecule has 0 aliphatic heterocycles. The standard InChI is InChI=1S/C14H18FNO2/c1-14(9-17,11-6-7-11)16-13(18)8-10-4-2-3-5-12(10)15/h2-5,11,17H,6-9H2,1H3,(H,16,18). The SMILES string of the molecule is CC(CO)(NC(=O)Cc1ccccc1F)C1CC1. The molecule has 0 radical (unpaired) electrons. The van der Waals surface area contributed by atoms with E-state index in [9.17, 15) is 14.3 Å². The van der Waals surface area contributed by atoms with Gasteiger partial charge in [-0.3, -0.25) is 4.79 Å². The van der Waals surface area contributed by atoms with Crippen molar-refractivity contribution in [3.8, 4) is 0 Å². The van der Waals surface area contributed by atoms with Crippen LogP contribution in [-0.4, -0.2) is 23.2 Å². The Morgan fingerprint density at radius 2 is 2.17 bits per heavy atom. The van der Waals surface area contributed by atoms with Crippen molar-refractivity contribution in [2.45, 2.75) is 31.7 Å². The van der Waals surface area contributed by atoms with Crippen molar-refractivity contribution in [3.63, 3.8) is 0 Å². The summed E-state index contributed by atoms with van der Waals surface area (Å²) in [4.78, 5) is 11.9. The number of carbonyl (C=O) groups is 1. The van der Waals surface area contributed by atoms with Gasteiger partial charge in [-0.25, -0.2) is 4.39 Å². The van der Waals surface area contributed by atoms with Gasteiger partial charge in [0, 0.05) is 0 Å². The number of nitrogens with one attached hydrogen (secondary N) is 1. The zero-order valence-corrected chi connectivity index (χ0v) is 10.4. The first kappa shape index (κ1) is 13.0. The third-order valence-corrected chi connectivity index (χ3v) is 3.54. The lowest BCUT2D eigenvalue weighted by Crippen LogP contribution is -2.51. The fourth-order valence-electron chi connectivity index (χ4n) is 2.17. The van der Waals surface area contributed by atoms with Gasteiger partial charge in [-0.2, -0.15) is 0 Å². The van der Waals surface area contributed by atoms with E-state index in [1.165, 1.54) is 6.07 Å². The molecule has 1 saturated carbocycles. The third kappa shape index (κ3) is 2.88.